The van der Waals surface area contributed by atoms with Crippen LogP contribution in [0.1, 0.15) is 10.4 Å². The van der Waals surface area contributed by atoms with Gasteiger partial charge in [0.25, 0.3) is 5.91 Å². The number of ether oxygens (including phenoxy) is 3. The molecule has 0 radical (unpaired) electrons. The summed E-state index contributed by atoms with van der Waals surface area (Å²) in [6.45, 7) is 0. The summed E-state index contributed by atoms with van der Waals surface area (Å²) < 4.78 is 28.9. The van der Waals surface area contributed by atoms with E-state index in [1.165, 1.54) is 39.5 Å². The molecule has 0 bridgehead atoms. The number of carbonyl (C=O) groups excluding carboxylic acids is 1. The summed E-state index contributed by atoms with van der Waals surface area (Å²) in [5.74, 6) is -0.705. The number of hydrogen-bond acceptors (Lipinski definition) is 6. The van der Waals surface area contributed by atoms with Gasteiger partial charge < -0.3 is 19.5 Å². The molecular weight excluding hydrogens is 335 g/mol. The first-order valence-corrected chi connectivity index (χ1v) is 6.96. The van der Waals surface area contributed by atoms with E-state index in [1.807, 2.05) is 0 Å². The van der Waals surface area contributed by atoms with Crippen LogP contribution in [0.15, 0.2) is 30.3 Å². The maximum atomic E-state index is 13.4. The highest BCUT2D eigenvalue weighted by atomic mass is 19.1. The van der Waals surface area contributed by atoms with Crippen LogP contribution in [-0.4, -0.2) is 32.2 Å². The van der Waals surface area contributed by atoms with Crippen molar-refractivity contribution in [3.8, 4) is 17.2 Å². The molecule has 0 atom stereocenters. The Morgan fingerprint density at radius 1 is 1.08 bits per heavy atom. The quantitative estimate of drug-likeness (QED) is 0.635. The van der Waals surface area contributed by atoms with E-state index in [4.69, 9.17) is 14.2 Å². The first kappa shape index (κ1) is 18.0. The van der Waals surface area contributed by atoms with E-state index in [0.717, 1.165) is 12.1 Å². The van der Waals surface area contributed by atoms with Gasteiger partial charge in [-0.25, -0.2) is 0 Å². The zero-order chi connectivity index (χ0) is 18.6. The first-order valence-electron chi connectivity index (χ1n) is 6.96. The molecule has 8 nitrogen and oxygen atoms in total. The second-order valence-corrected chi connectivity index (χ2v) is 4.79. The Bertz CT molecular complexity index is 799. The van der Waals surface area contributed by atoms with Crippen LogP contribution < -0.4 is 19.5 Å². The van der Waals surface area contributed by atoms with Gasteiger partial charge in [0.05, 0.1) is 26.3 Å². The Labute approximate surface area is 142 Å². The van der Waals surface area contributed by atoms with E-state index < -0.39 is 22.3 Å². The number of nitrogens with one attached hydrogen (secondary N) is 1. The second kappa shape index (κ2) is 7.47. The fraction of sp³-hybridized carbons (Fsp3) is 0.188. The number of amides is 1. The zero-order valence-electron chi connectivity index (χ0n) is 13.7. The van der Waals surface area contributed by atoms with Crippen molar-refractivity contribution in [2.45, 2.75) is 0 Å². The van der Waals surface area contributed by atoms with Crippen molar-refractivity contribution in [3.63, 3.8) is 0 Å². The third-order valence-electron chi connectivity index (χ3n) is 3.33. The topological polar surface area (TPSA) is 99.9 Å². The van der Waals surface area contributed by atoms with Crippen molar-refractivity contribution in [1.29, 1.82) is 0 Å². The summed E-state index contributed by atoms with van der Waals surface area (Å²) in [6.07, 6.45) is 0. The largest absolute Gasteiger partial charge is 0.493 e. The number of anilines is 1. The predicted molar refractivity (Wildman–Crippen MR) is 87.1 cm³/mol. The van der Waals surface area contributed by atoms with Crippen molar-refractivity contribution in [3.05, 3.63) is 51.8 Å². The zero-order valence-corrected chi connectivity index (χ0v) is 13.7. The lowest BCUT2D eigenvalue weighted by atomic mass is 10.1. The van der Waals surface area contributed by atoms with Crippen molar-refractivity contribution in [2.75, 3.05) is 26.6 Å². The van der Waals surface area contributed by atoms with E-state index in [0.29, 0.717) is 5.75 Å². The van der Waals surface area contributed by atoms with E-state index in [9.17, 15) is 19.3 Å². The maximum Gasteiger partial charge on any atom is 0.306 e. The molecule has 0 aliphatic carbocycles. The summed E-state index contributed by atoms with van der Waals surface area (Å²) in [7, 11) is 4.24. The lowest BCUT2D eigenvalue weighted by Gasteiger charge is -2.14. The number of nitrogens with zero attached hydrogens (tertiary/aromatic N) is 1. The molecule has 25 heavy (non-hydrogen) atoms. The van der Waals surface area contributed by atoms with Gasteiger partial charge in [-0.1, -0.05) is 0 Å². The Morgan fingerprint density at radius 2 is 1.68 bits per heavy atom. The van der Waals surface area contributed by atoms with Crippen LogP contribution in [0.3, 0.4) is 0 Å². The molecule has 0 spiro atoms. The molecule has 1 N–H and O–H groups in total. The molecule has 2 aromatic carbocycles. The highest BCUT2D eigenvalue weighted by Gasteiger charge is 2.19. The fourth-order valence-corrected chi connectivity index (χ4v) is 2.15. The van der Waals surface area contributed by atoms with Crippen LogP contribution >= 0.6 is 0 Å². The first-order chi connectivity index (χ1) is 11.9. The number of carbonyl (C=O) groups is 1. The Kier molecular flexibility index (Phi) is 5.38. The average molecular weight is 350 g/mol. The minimum atomic E-state index is -0.990. The summed E-state index contributed by atoms with van der Waals surface area (Å²) in [6, 6.07) is 5.91. The lowest BCUT2D eigenvalue weighted by Crippen LogP contribution is -2.13. The number of benzene rings is 2. The molecule has 0 fully saturated rings. The molecule has 0 saturated heterocycles. The Morgan fingerprint density at radius 3 is 2.16 bits per heavy atom. The summed E-state index contributed by atoms with van der Waals surface area (Å²) >= 11 is 0. The Hall–Kier alpha value is -3.36. The molecule has 0 heterocycles. The smallest absolute Gasteiger partial charge is 0.306 e. The highest BCUT2D eigenvalue weighted by molar-refractivity contribution is 6.05. The molecule has 0 saturated carbocycles. The van der Waals surface area contributed by atoms with E-state index >= 15 is 0 Å². The standard InChI is InChI=1S/C16H15FN2O6/c1-23-13-6-9(7-14(24-2)15(13)25-3)16(20)18-10-4-5-11(17)12(8-10)19(21)22/h4-8H,1-3H3,(H,18,20). The highest BCUT2D eigenvalue weighted by Crippen LogP contribution is 2.38. The number of nitro benzene ring substituents is 1. The predicted octanol–water partition coefficient (Wildman–Crippen LogP) is 3.01. The number of nitro groups is 1. The van der Waals surface area contributed by atoms with Crippen LogP contribution in [-0.2, 0) is 0 Å². The van der Waals surface area contributed by atoms with Gasteiger partial charge in [-0.05, 0) is 24.3 Å². The molecular formula is C16H15FN2O6. The normalized spacial score (nSPS) is 10.1. The van der Waals surface area contributed by atoms with Gasteiger partial charge in [-0.2, -0.15) is 4.39 Å². The third kappa shape index (κ3) is 3.77. The summed E-state index contributed by atoms with van der Waals surface area (Å²) in [4.78, 5) is 22.3. The number of hydrogen-bond donors (Lipinski definition) is 1. The number of rotatable bonds is 6. The number of halogens is 1. The molecule has 0 aromatic heterocycles. The van der Waals surface area contributed by atoms with Gasteiger partial charge in [0, 0.05) is 17.3 Å². The second-order valence-electron chi connectivity index (χ2n) is 4.79. The SMILES string of the molecule is COc1cc(C(=O)Nc2ccc(F)c([N+](=O)[O-])c2)cc(OC)c1OC. The van der Waals surface area contributed by atoms with Crippen LogP contribution in [0.4, 0.5) is 15.8 Å². The van der Waals surface area contributed by atoms with Crippen molar-refractivity contribution in [2.24, 2.45) is 0 Å². The van der Waals surface area contributed by atoms with Crippen LogP contribution in [0.2, 0.25) is 0 Å². The molecule has 0 aliphatic rings. The van der Waals surface area contributed by atoms with Crippen LogP contribution in [0, 0.1) is 15.9 Å². The van der Waals surface area contributed by atoms with E-state index in [1.54, 1.807) is 0 Å². The van der Waals surface area contributed by atoms with Gasteiger partial charge in [0.2, 0.25) is 11.6 Å². The van der Waals surface area contributed by atoms with Gasteiger partial charge in [-0.15, -0.1) is 0 Å². The maximum absolute atomic E-state index is 13.4. The average Bonchev–Trinajstić information content (AvgIpc) is 2.61. The van der Waals surface area contributed by atoms with Gasteiger partial charge in [0.1, 0.15) is 0 Å². The fourth-order valence-electron chi connectivity index (χ4n) is 2.15. The van der Waals surface area contributed by atoms with Crippen molar-refractivity contribution in [1.82, 2.24) is 0 Å². The molecule has 2 rings (SSSR count). The third-order valence-corrected chi connectivity index (χ3v) is 3.33. The molecule has 1 amide bonds. The molecule has 2 aromatic rings. The van der Waals surface area contributed by atoms with Crippen LogP contribution in [0.25, 0.3) is 0 Å². The van der Waals surface area contributed by atoms with Crippen LogP contribution in [0.5, 0.6) is 17.2 Å². The van der Waals surface area contributed by atoms with Gasteiger partial charge in [0.15, 0.2) is 11.5 Å². The van der Waals surface area contributed by atoms with Crippen molar-refractivity contribution >= 4 is 17.3 Å². The minimum absolute atomic E-state index is 0.0758. The van der Waals surface area contributed by atoms with Crippen molar-refractivity contribution < 1.29 is 28.3 Å². The van der Waals surface area contributed by atoms with Gasteiger partial charge >= 0.3 is 5.69 Å². The van der Waals surface area contributed by atoms with E-state index in [-0.39, 0.29) is 22.7 Å². The van der Waals surface area contributed by atoms with Gasteiger partial charge in [-0.3, -0.25) is 14.9 Å². The molecule has 9 heteroatoms. The summed E-state index contributed by atoms with van der Waals surface area (Å²) in [5.41, 5.74) is -0.490. The summed E-state index contributed by atoms with van der Waals surface area (Å²) in [5, 5.41) is 13.2. The van der Waals surface area contributed by atoms with E-state index in [2.05, 4.69) is 5.32 Å². The minimum Gasteiger partial charge on any atom is -0.493 e. The monoisotopic (exact) mass is 350 g/mol. The molecule has 0 aliphatic heterocycles. The molecule has 132 valence electrons. The number of methoxy groups -OCH3 is 3. The Balaban J connectivity index is 2.35. The lowest BCUT2D eigenvalue weighted by molar-refractivity contribution is -0.387. The molecule has 0 unspecified atom stereocenters.